The number of rotatable bonds is 1. The van der Waals surface area contributed by atoms with Crippen molar-refractivity contribution in [3.05, 3.63) is 40.1 Å². The third-order valence-corrected chi connectivity index (χ3v) is 1.76. The maximum Gasteiger partial charge on any atom is 0.220 e. The van der Waals surface area contributed by atoms with Crippen LogP contribution in [-0.4, -0.2) is 5.11 Å². The summed E-state index contributed by atoms with van der Waals surface area (Å²) < 4.78 is 0. The molecule has 0 fully saturated rings. The number of aromatic hydroxyl groups is 1. The Kier molecular flexibility index (Phi) is 4.86. The van der Waals surface area contributed by atoms with Gasteiger partial charge in [0.05, 0.1) is 0 Å². The zero-order valence-corrected chi connectivity index (χ0v) is 10.9. The van der Waals surface area contributed by atoms with Crippen LogP contribution in [0.1, 0.15) is 25.3 Å². The summed E-state index contributed by atoms with van der Waals surface area (Å²) in [6.45, 7) is 4.03. The second-order valence-corrected chi connectivity index (χ2v) is 3.07. The topological polar surface area (TPSA) is 37.3 Å². The summed E-state index contributed by atoms with van der Waals surface area (Å²) in [5.74, 6) is 0.145. The zero-order valence-electron chi connectivity index (χ0n) is 7.95. The van der Waals surface area contributed by atoms with Crippen molar-refractivity contribution >= 4 is 0 Å². The van der Waals surface area contributed by atoms with Crippen molar-refractivity contribution in [1.82, 2.24) is 0 Å². The summed E-state index contributed by atoms with van der Waals surface area (Å²) in [5.41, 5.74) is 0.636. The van der Waals surface area contributed by atoms with E-state index >= 15 is 0 Å². The molecular formula is C10H12O2Zn. The van der Waals surface area contributed by atoms with Crippen LogP contribution in [-0.2, 0) is 19.5 Å². The van der Waals surface area contributed by atoms with Gasteiger partial charge < -0.3 is 5.11 Å². The van der Waals surface area contributed by atoms with Crippen molar-refractivity contribution in [2.24, 2.45) is 0 Å². The molecule has 3 heteroatoms. The monoisotopic (exact) mass is 228 g/mol. The van der Waals surface area contributed by atoms with E-state index in [4.69, 9.17) is 0 Å². The predicted octanol–water partition coefficient (Wildman–Crippen LogP) is 1.87. The SMILES string of the molecule is CC(C)c1cccc(=O)c(O)c1.[Zn]. The number of hydrogen-bond donors (Lipinski definition) is 1. The smallest absolute Gasteiger partial charge is 0.220 e. The first kappa shape index (κ1) is 12.3. The summed E-state index contributed by atoms with van der Waals surface area (Å²) in [6, 6.07) is 6.39. The Morgan fingerprint density at radius 1 is 1.31 bits per heavy atom. The van der Waals surface area contributed by atoms with Crippen molar-refractivity contribution in [3.63, 3.8) is 0 Å². The predicted molar refractivity (Wildman–Crippen MR) is 48.5 cm³/mol. The van der Waals surface area contributed by atoms with Gasteiger partial charge in [0.2, 0.25) is 5.43 Å². The molecule has 1 N–H and O–H groups in total. The third kappa shape index (κ3) is 3.27. The minimum Gasteiger partial charge on any atom is -0.504 e. The molecule has 2 nitrogen and oxygen atoms in total. The first-order valence-electron chi connectivity index (χ1n) is 3.94. The van der Waals surface area contributed by atoms with E-state index in [9.17, 15) is 9.90 Å². The van der Waals surface area contributed by atoms with Crippen LogP contribution in [0.4, 0.5) is 0 Å². The van der Waals surface area contributed by atoms with Crippen molar-refractivity contribution in [2.45, 2.75) is 19.8 Å². The molecule has 0 bridgehead atoms. The second-order valence-electron chi connectivity index (χ2n) is 3.07. The zero-order chi connectivity index (χ0) is 9.14. The van der Waals surface area contributed by atoms with Crippen LogP contribution in [0.5, 0.6) is 5.75 Å². The molecule has 0 aromatic heterocycles. The van der Waals surface area contributed by atoms with Gasteiger partial charge in [-0.05, 0) is 23.6 Å². The molecule has 1 aromatic rings. The molecule has 0 heterocycles. The van der Waals surface area contributed by atoms with E-state index in [0.717, 1.165) is 5.56 Å². The van der Waals surface area contributed by atoms with Gasteiger partial charge in [0, 0.05) is 19.5 Å². The molecule has 1 aromatic carbocycles. The average Bonchev–Trinajstić information content (AvgIpc) is 2.15. The van der Waals surface area contributed by atoms with Crippen LogP contribution in [0.25, 0.3) is 0 Å². The summed E-state index contributed by atoms with van der Waals surface area (Å²) >= 11 is 0. The van der Waals surface area contributed by atoms with Crippen LogP contribution < -0.4 is 5.43 Å². The van der Waals surface area contributed by atoms with E-state index in [1.54, 1.807) is 6.07 Å². The molecular weight excluding hydrogens is 217 g/mol. The van der Waals surface area contributed by atoms with Crippen LogP contribution in [0.2, 0.25) is 0 Å². The van der Waals surface area contributed by atoms with E-state index < -0.39 is 0 Å². The molecule has 13 heavy (non-hydrogen) atoms. The van der Waals surface area contributed by atoms with Gasteiger partial charge in [-0.1, -0.05) is 26.0 Å². The molecule has 1 rings (SSSR count). The maximum atomic E-state index is 10.9. The molecule has 0 atom stereocenters. The molecule has 0 amide bonds. The van der Waals surface area contributed by atoms with Gasteiger partial charge in [-0.15, -0.1) is 0 Å². The Bertz CT molecular complexity index is 334. The summed E-state index contributed by atoms with van der Waals surface area (Å²) in [7, 11) is 0. The molecule has 0 saturated heterocycles. The van der Waals surface area contributed by atoms with Gasteiger partial charge in [-0.25, -0.2) is 0 Å². The van der Waals surface area contributed by atoms with Gasteiger partial charge in [0.25, 0.3) is 0 Å². The van der Waals surface area contributed by atoms with E-state index in [0.29, 0.717) is 5.92 Å². The second kappa shape index (κ2) is 5.13. The van der Waals surface area contributed by atoms with Gasteiger partial charge in [0.15, 0.2) is 5.75 Å². The van der Waals surface area contributed by atoms with Crippen molar-refractivity contribution in [2.75, 3.05) is 0 Å². The minimum absolute atomic E-state index is 0. The Balaban J connectivity index is 0.00000144. The van der Waals surface area contributed by atoms with Crippen molar-refractivity contribution in [3.8, 4) is 5.75 Å². The van der Waals surface area contributed by atoms with Crippen LogP contribution in [0.3, 0.4) is 0 Å². The summed E-state index contributed by atoms with van der Waals surface area (Å²) in [5, 5.41) is 9.20. The van der Waals surface area contributed by atoms with E-state index in [-0.39, 0.29) is 30.7 Å². The first-order chi connectivity index (χ1) is 5.61. The Morgan fingerprint density at radius 2 is 1.92 bits per heavy atom. The third-order valence-electron chi connectivity index (χ3n) is 1.76. The quantitative estimate of drug-likeness (QED) is 0.747. The Morgan fingerprint density at radius 3 is 2.46 bits per heavy atom. The molecule has 0 aliphatic rings. The van der Waals surface area contributed by atoms with E-state index in [1.165, 1.54) is 12.1 Å². The fraction of sp³-hybridized carbons (Fsp3) is 0.300. The van der Waals surface area contributed by atoms with Crippen molar-refractivity contribution in [1.29, 1.82) is 0 Å². The van der Waals surface area contributed by atoms with E-state index in [2.05, 4.69) is 0 Å². The average molecular weight is 230 g/mol. The standard InChI is InChI=1S/C10H12O2.Zn/c1-7(2)8-4-3-5-9(11)10(12)6-8;/h3-7H,1-2H3,(H,11,12);. The largest absolute Gasteiger partial charge is 0.504 e. The van der Waals surface area contributed by atoms with Gasteiger partial charge in [-0.3, -0.25) is 4.79 Å². The minimum atomic E-state index is -0.332. The first-order valence-corrected chi connectivity index (χ1v) is 3.94. The molecule has 0 aliphatic heterocycles. The van der Waals surface area contributed by atoms with Gasteiger partial charge in [-0.2, -0.15) is 0 Å². The fourth-order valence-corrected chi connectivity index (χ4v) is 0.968. The normalized spacial score (nSPS) is 9.46. The molecule has 0 unspecified atom stereocenters. The van der Waals surface area contributed by atoms with Crippen LogP contribution in [0, 0.1) is 0 Å². The van der Waals surface area contributed by atoms with Gasteiger partial charge >= 0.3 is 0 Å². The molecule has 0 aliphatic carbocycles. The van der Waals surface area contributed by atoms with Crippen molar-refractivity contribution < 1.29 is 24.6 Å². The molecule has 0 spiro atoms. The van der Waals surface area contributed by atoms with E-state index in [1.807, 2.05) is 19.9 Å². The Hall–Kier alpha value is -0.687. The van der Waals surface area contributed by atoms with Crippen LogP contribution in [0.15, 0.2) is 29.1 Å². The molecule has 0 radical (unpaired) electrons. The summed E-state index contributed by atoms with van der Waals surface area (Å²) in [6.07, 6.45) is 0. The fourth-order valence-electron chi connectivity index (χ4n) is 0.968. The van der Waals surface area contributed by atoms with Crippen LogP contribution >= 0.6 is 0 Å². The Labute approximate surface area is 90.4 Å². The maximum absolute atomic E-state index is 10.9. The number of hydrogen-bond acceptors (Lipinski definition) is 2. The molecule has 66 valence electrons. The molecule has 0 saturated carbocycles. The van der Waals surface area contributed by atoms with Gasteiger partial charge in [0.1, 0.15) is 0 Å². The summed E-state index contributed by atoms with van der Waals surface area (Å²) in [4.78, 5) is 10.9.